The zero-order valence-electron chi connectivity index (χ0n) is 10.7. The highest BCUT2D eigenvalue weighted by molar-refractivity contribution is 5.94. The normalized spacial score (nSPS) is 20.0. The fourth-order valence-electron chi connectivity index (χ4n) is 2.03. The van der Waals surface area contributed by atoms with Crippen molar-refractivity contribution in [2.24, 2.45) is 5.73 Å². The smallest absolute Gasteiger partial charge is 0.373 e. The Labute approximate surface area is 114 Å². The molecule has 1 amide bonds. The summed E-state index contributed by atoms with van der Waals surface area (Å²) in [5.41, 5.74) is 4.95. The molecule has 1 heterocycles. The molecule has 1 aromatic rings. The van der Waals surface area contributed by atoms with Gasteiger partial charge in [-0.05, 0) is 24.3 Å². The van der Waals surface area contributed by atoms with E-state index in [0.29, 0.717) is 26.2 Å². The van der Waals surface area contributed by atoms with Crippen molar-refractivity contribution in [3.05, 3.63) is 35.4 Å². The average molecular weight is 288 g/mol. The zero-order valence-corrected chi connectivity index (χ0v) is 10.7. The Balaban J connectivity index is 2.09. The van der Waals surface area contributed by atoms with E-state index in [1.54, 1.807) is 4.90 Å². The van der Waals surface area contributed by atoms with E-state index in [9.17, 15) is 18.0 Å². The fraction of sp³-hybridized carbons (Fsp3) is 0.462. The number of halogens is 3. The van der Waals surface area contributed by atoms with Gasteiger partial charge in [0.2, 0.25) is 0 Å². The van der Waals surface area contributed by atoms with Crippen molar-refractivity contribution >= 4 is 5.91 Å². The van der Waals surface area contributed by atoms with Gasteiger partial charge in [0.1, 0.15) is 0 Å². The van der Waals surface area contributed by atoms with E-state index < -0.39 is 11.7 Å². The van der Waals surface area contributed by atoms with Crippen molar-refractivity contribution in [1.82, 2.24) is 4.90 Å². The maximum Gasteiger partial charge on any atom is 0.416 e. The molecule has 1 aliphatic rings. The molecule has 110 valence electrons. The minimum absolute atomic E-state index is 0.220. The first kappa shape index (κ1) is 14.8. The van der Waals surface area contributed by atoms with Crippen LogP contribution >= 0.6 is 0 Å². The highest BCUT2D eigenvalue weighted by Gasteiger charge is 2.31. The summed E-state index contributed by atoms with van der Waals surface area (Å²) in [5.74, 6) is -0.305. The van der Waals surface area contributed by atoms with Gasteiger partial charge in [0, 0.05) is 25.2 Å². The summed E-state index contributed by atoms with van der Waals surface area (Å²) >= 11 is 0. The average Bonchev–Trinajstić information content (AvgIpc) is 2.46. The molecule has 0 saturated carbocycles. The molecule has 7 heteroatoms. The summed E-state index contributed by atoms with van der Waals surface area (Å²) < 4.78 is 42.7. The molecule has 1 fully saturated rings. The first-order valence-electron chi connectivity index (χ1n) is 6.20. The van der Waals surface area contributed by atoms with Gasteiger partial charge in [-0.25, -0.2) is 0 Å². The predicted octanol–water partition coefficient (Wildman–Crippen LogP) is 1.51. The van der Waals surface area contributed by atoms with Crippen LogP contribution in [0.2, 0.25) is 0 Å². The predicted molar refractivity (Wildman–Crippen MR) is 66.1 cm³/mol. The number of hydrogen-bond donors (Lipinski definition) is 1. The Morgan fingerprint density at radius 3 is 2.55 bits per heavy atom. The number of amides is 1. The van der Waals surface area contributed by atoms with Crippen LogP contribution in [-0.2, 0) is 10.9 Å². The molecule has 0 spiro atoms. The number of morpholine rings is 1. The number of carbonyl (C=O) groups is 1. The van der Waals surface area contributed by atoms with Gasteiger partial charge < -0.3 is 15.4 Å². The van der Waals surface area contributed by atoms with E-state index in [2.05, 4.69) is 0 Å². The Kier molecular flexibility index (Phi) is 4.29. The molecule has 0 bridgehead atoms. The molecule has 1 atom stereocenters. The van der Waals surface area contributed by atoms with Crippen LogP contribution in [0.1, 0.15) is 15.9 Å². The first-order valence-corrected chi connectivity index (χ1v) is 6.20. The summed E-state index contributed by atoms with van der Waals surface area (Å²) in [6, 6.07) is 4.21. The van der Waals surface area contributed by atoms with Gasteiger partial charge in [-0.2, -0.15) is 13.2 Å². The lowest BCUT2D eigenvalue weighted by atomic mass is 10.1. The van der Waals surface area contributed by atoms with Gasteiger partial charge in [0.25, 0.3) is 5.91 Å². The molecule has 4 nitrogen and oxygen atoms in total. The van der Waals surface area contributed by atoms with Crippen LogP contribution in [0.25, 0.3) is 0 Å². The monoisotopic (exact) mass is 288 g/mol. The number of rotatable bonds is 2. The number of alkyl halides is 3. The molecular formula is C13H15F3N2O2. The molecule has 1 aliphatic heterocycles. The van der Waals surface area contributed by atoms with Gasteiger partial charge in [-0.1, -0.05) is 0 Å². The highest BCUT2D eigenvalue weighted by Crippen LogP contribution is 2.29. The van der Waals surface area contributed by atoms with Gasteiger partial charge in [0.15, 0.2) is 0 Å². The molecular weight excluding hydrogens is 273 g/mol. The topological polar surface area (TPSA) is 55.6 Å². The van der Waals surface area contributed by atoms with E-state index in [1.165, 1.54) is 12.1 Å². The molecule has 0 radical (unpaired) electrons. The molecule has 1 saturated heterocycles. The Morgan fingerprint density at radius 2 is 2.00 bits per heavy atom. The summed E-state index contributed by atoms with van der Waals surface area (Å²) in [4.78, 5) is 13.7. The molecule has 20 heavy (non-hydrogen) atoms. The van der Waals surface area contributed by atoms with E-state index in [-0.39, 0.29) is 17.6 Å². The van der Waals surface area contributed by atoms with Crippen molar-refractivity contribution in [3.8, 4) is 0 Å². The van der Waals surface area contributed by atoms with Crippen LogP contribution in [0.3, 0.4) is 0 Å². The lowest BCUT2D eigenvalue weighted by Crippen LogP contribution is -2.48. The number of hydrogen-bond acceptors (Lipinski definition) is 3. The maximum atomic E-state index is 12.4. The largest absolute Gasteiger partial charge is 0.416 e. The fourth-order valence-corrected chi connectivity index (χ4v) is 2.03. The summed E-state index contributed by atoms with van der Waals surface area (Å²) in [6.45, 7) is 1.46. The van der Waals surface area contributed by atoms with Crippen LogP contribution in [-0.4, -0.2) is 43.2 Å². The van der Waals surface area contributed by atoms with Gasteiger partial charge >= 0.3 is 6.18 Å². The third-order valence-corrected chi connectivity index (χ3v) is 3.15. The Morgan fingerprint density at radius 1 is 1.35 bits per heavy atom. The molecule has 2 rings (SSSR count). The van der Waals surface area contributed by atoms with E-state index in [1.807, 2.05) is 0 Å². The quantitative estimate of drug-likeness (QED) is 0.897. The van der Waals surface area contributed by atoms with Crippen LogP contribution in [0.15, 0.2) is 24.3 Å². The lowest BCUT2D eigenvalue weighted by molar-refractivity contribution is -0.137. The summed E-state index contributed by atoms with van der Waals surface area (Å²) in [5, 5.41) is 0. The van der Waals surface area contributed by atoms with Crippen LogP contribution < -0.4 is 5.73 Å². The maximum absolute atomic E-state index is 12.4. The lowest BCUT2D eigenvalue weighted by Gasteiger charge is -2.32. The van der Waals surface area contributed by atoms with E-state index >= 15 is 0 Å². The van der Waals surface area contributed by atoms with Gasteiger partial charge in [-0.15, -0.1) is 0 Å². The minimum atomic E-state index is -4.40. The van der Waals surface area contributed by atoms with Crippen molar-refractivity contribution < 1.29 is 22.7 Å². The van der Waals surface area contributed by atoms with Crippen molar-refractivity contribution in [3.63, 3.8) is 0 Å². The number of benzene rings is 1. The minimum Gasteiger partial charge on any atom is -0.373 e. The highest BCUT2D eigenvalue weighted by atomic mass is 19.4. The zero-order chi connectivity index (χ0) is 14.8. The van der Waals surface area contributed by atoms with Crippen molar-refractivity contribution in [2.75, 3.05) is 26.2 Å². The second-order valence-electron chi connectivity index (χ2n) is 4.55. The summed E-state index contributed by atoms with van der Waals surface area (Å²) in [7, 11) is 0. The third-order valence-electron chi connectivity index (χ3n) is 3.15. The first-order chi connectivity index (χ1) is 9.41. The SMILES string of the molecule is NC[C@@H]1CN(C(=O)c2ccc(C(F)(F)F)cc2)CCO1. The molecule has 0 unspecified atom stereocenters. The Hall–Kier alpha value is -1.60. The van der Waals surface area contributed by atoms with Crippen molar-refractivity contribution in [1.29, 1.82) is 0 Å². The van der Waals surface area contributed by atoms with Gasteiger partial charge in [-0.3, -0.25) is 4.79 Å². The van der Waals surface area contributed by atoms with E-state index in [0.717, 1.165) is 12.1 Å². The Bertz CT molecular complexity index is 473. The second kappa shape index (κ2) is 5.80. The van der Waals surface area contributed by atoms with Gasteiger partial charge in [0.05, 0.1) is 18.3 Å². The van der Waals surface area contributed by atoms with Crippen LogP contribution in [0.4, 0.5) is 13.2 Å². The number of carbonyl (C=O) groups excluding carboxylic acids is 1. The number of nitrogens with two attached hydrogens (primary N) is 1. The molecule has 0 aromatic heterocycles. The standard InChI is InChI=1S/C13H15F3N2O2/c14-13(15,16)10-3-1-9(2-4-10)12(19)18-5-6-20-11(7-17)8-18/h1-4,11H,5-8,17H2/t11-/m1/s1. The van der Waals surface area contributed by atoms with Crippen molar-refractivity contribution in [2.45, 2.75) is 12.3 Å². The van der Waals surface area contributed by atoms with E-state index in [4.69, 9.17) is 10.5 Å². The molecule has 0 aliphatic carbocycles. The number of ether oxygens (including phenoxy) is 1. The molecule has 1 aromatic carbocycles. The number of nitrogens with zero attached hydrogens (tertiary/aromatic N) is 1. The third kappa shape index (κ3) is 3.29. The second-order valence-corrected chi connectivity index (χ2v) is 4.55. The summed E-state index contributed by atoms with van der Waals surface area (Å²) in [6.07, 6.45) is -4.62. The molecule has 2 N–H and O–H groups in total. The van der Waals surface area contributed by atoms with Crippen LogP contribution in [0, 0.1) is 0 Å². The van der Waals surface area contributed by atoms with Crippen LogP contribution in [0.5, 0.6) is 0 Å².